The smallest absolute Gasteiger partial charge is 0.227 e. The van der Waals surface area contributed by atoms with E-state index in [1.165, 1.54) is 10.6 Å². The topological polar surface area (TPSA) is 110 Å². The summed E-state index contributed by atoms with van der Waals surface area (Å²) in [5.41, 5.74) is 2.40. The van der Waals surface area contributed by atoms with Crippen LogP contribution < -0.4 is 0 Å². The van der Waals surface area contributed by atoms with Gasteiger partial charge in [-0.15, -0.1) is 0 Å². The predicted octanol–water partition coefficient (Wildman–Crippen LogP) is -0.494. The Balaban J connectivity index is 1.69. The van der Waals surface area contributed by atoms with Crippen LogP contribution in [0.3, 0.4) is 0 Å². The van der Waals surface area contributed by atoms with Gasteiger partial charge in [0.1, 0.15) is 0 Å². The molecule has 0 bridgehead atoms. The van der Waals surface area contributed by atoms with Gasteiger partial charge in [0.2, 0.25) is 15.9 Å². The van der Waals surface area contributed by atoms with Crippen LogP contribution in [0.4, 0.5) is 0 Å². The summed E-state index contributed by atoms with van der Waals surface area (Å²) >= 11 is 0. The molecule has 0 saturated carbocycles. The van der Waals surface area contributed by atoms with Gasteiger partial charge in [-0.3, -0.25) is 9.48 Å². The van der Waals surface area contributed by atoms with Gasteiger partial charge in [-0.1, -0.05) is 0 Å². The van der Waals surface area contributed by atoms with Crippen molar-refractivity contribution in [1.29, 1.82) is 0 Å². The number of sulfonamides is 1. The molecular weight excluding hydrogens is 392 g/mol. The van der Waals surface area contributed by atoms with Gasteiger partial charge < -0.3 is 4.90 Å². The summed E-state index contributed by atoms with van der Waals surface area (Å²) in [6.07, 6.45) is 1.91. The molecule has 0 unspecified atom stereocenters. The Morgan fingerprint density at radius 2 is 1.81 bits per heavy atom. The van der Waals surface area contributed by atoms with E-state index in [1.807, 2.05) is 13.8 Å². The van der Waals surface area contributed by atoms with Gasteiger partial charge in [0.15, 0.2) is 9.84 Å². The van der Waals surface area contributed by atoms with Crippen molar-refractivity contribution < 1.29 is 21.6 Å². The van der Waals surface area contributed by atoms with Crippen molar-refractivity contribution in [2.75, 3.05) is 43.9 Å². The van der Waals surface area contributed by atoms with Crippen LogP contribution in [0, 0.1) is 13.8 Å². The zero-order valence-corrected chi connectivity index (χ0v) is 17.5. The number of sulfone groups is 1. The van der Waals surface area contributed by atoms with Crippen LogP contribution in [-0.2, 0) is 31.1 Å². The summed E-state index contributed by atoms with van der Waals surface area (Å²) in [7, 11) is -6.24. The molecule has 1 atom stereocenters. The number of carbonyl (C=O) groups is 1. The Kier molecular flexibility index (Phi) is 5.39. The van der Waals surface area contributed by atoms with Crippen molar-refractivity contribution in [3.8, 4) is 0 Å². The molecule has 1 aromatic heterocycles. The summed E-state index contributed by atoms with van der Waals surface area (Å²) in [4.78, 5) is 14.4. The van der Waals surface area contributed by atoms with Crippen molar-refractivity contribution in [1.82, 2.24) is 19.0 Å². The monoisotopic (exact) mass is 418 g/mol. The first kappa shape index (κ1) is 20.3. The maximum absolute atomic E-state index is 12.7. The number of rotatable bonds is 4. The van der Waals surface area contributed by atoms with E-state index in [2.05, 4.69) is 5.10 Å². The fraction of sp³-hybridized carbons (Fsp3) is 0.750. The van der Waals surface area contributed by atoms with Crippen molar-refractivity contribution in [3.05, 3.63) is 17.0 Å². The van der Waals surface area contributed by atoms with E-state index in [9.17, 15) is 21.6 Å². The van der Waals surface area contributed by atoms with Gasteiger partial charge in [-0.25, -0.2) is 16.8 Å². The molecule has 2 aliphatic rings. The van der Waals surface area contributed by atoms with Crippen LogP contribution in [-0.4, -0.2) is 85.7 Å². The molecule has 27 heavy (non-hydrogen) atoms. The molecule has 3 heterocycles. The Morgan fingerprint density at radius 3 is 2.33 bits per heavy atom. The Labute approximate surface area is 160 Å². The number of aromatic nitrogens is 2. The van der Waals surface area contributed by atoms with Crippen molar-refractivity contribution >= 4 is 25.8 Å². The highest BCUT2D eigenvalue weighted by atomic mass is 32.2. The molecule has 0 aromatic carbocycles. The van der Waals surface area contributed by atoms with Gasteiger partial charge in [0, 0.05) is 37.4 Å². The van der Waals surface area contributed by atoms with E-state index in [0.717, 1.165) is 17.0 Å². The normalized spacial score (nSPS) is 23.7. The maximum Gasteiger partial charge on any atom is 0.227 e. The summed E-state index contributed by atoms with van der Waals surface area (Å²) in [5.74, 6) is 0.206. The molecule has 0 aliphatic carbocycles. The van der Waals surface area contributed by atoms with Crippen LogP contribution in [0.2, 0.25) is 0 Å². The molecule has 2 saturated heterocycles. The second-order valence-electron chi connectivity index (χ2n) is 7.37. The highest BCUT2D eigenvalue weighted by Crippen LogP contribution is 2.27. The molecular formula is C16H26N4O5S2. The van der Waals surface area contributed by atoms with Crippen LogP contribution in [0.5, 0.6) is 0 Å². The molecule has 2 fully saturated rings. The number of hydrogen-bond acceptors (Lipinski definition) is 6. The van der Waals surface area contributed by atoms with E-state index >= 15 is 0 Å². The Morgan fingerprint density at radius 1 is 1.19 bits per heavy atom. The molecule has 2 aliphatic heterocycles. The van der Waals surface area contributed by atoms with Crippen molar-refractivity contribution in [2.24, 2.45) is 0 Å². The minimum atomic E-state index is -3.23. The summed E-state index contributed by atoms with van der Waals surface area (Å²) in [6, 6.07) is -0.171. The Hall–Kier alpha value is -1.46. The fourth-order valence-corrected chi connectivity index (χ4v) is 6.33. The largest absolute Gasteiger partial charge is 0.340 e. The summed E-state index contributed by atoms with van der Waals surface area (Å²) in [5, 5.41) is 4.49. The van der Waals surface area contributed by atoms with Crippen molar-refractivity contribution in [2.45, 2.75) is 32.7 Å². The van der Waals surface area contributed by atoms with Crippen LogP contribution in [0.15, 0.2) is 0 Å². The van der Waals surface area contributed by atoms with Crippen molar-refractivity contribution in [3.63, 3.8) is 0 Å². The lowest BCUT2D eigenvalue weighted by atomic mass is 10.1. The first-order valence-corrected chi connectivity index (χ1v) is 12.6. The molecule has 11 heteroatoms. The van der Waals surface area contributed by atoms with Gasteiger partial charge >= 0.3 is 0 Å². The molecule has 0 spiro atoms. The standard InChI is InChI=1S/C16H26N4O5S2/c1-12-15(13(2)20(17-12)14-4-9-27(24,25)11-14)10-16(21)18-5-7-19(8-6-18)26(3,22)23/h14H,4-11H2,1-3H3/t14-/m1/s1. The van der Waals surface area contributed by atoms with Gasteiger partial charge in [0.25, 0.3) is 0 Å². The molecule has 1 aromatic rings. The molecule has 3 rings (SSSR count). The maximum atomic E-state index is 12.7. The highest BCUT2D eigenvalue weighted by molar-refractivity contribution is 7.91. The molecule has 0 radical (unpaired) electrons. The summed E-state index contributed by atoms with van der Waals surface area (Å²) in [6.45, 7) is 5.06. The quantitative estimate of drug-likeness (QED) is 0.652. The lowest BCUT2D eigenvalue weighted by Crippen LogP contribution is -2.50. The van der Waals surface area contributed by atoms with Gasteiger partial charge in [-0.05, 0) is 20.3 Å². The number of piperazine rings is 1. The van der Waals surface area contributed by atoms with E-state index in [0.29, 0.717) is 32.6 Å². The lowest BCUT2D eigenvalue weighted by Gasteiger charge is -2.33. The summed E-state index contributed by atoms with van der Waals surface area (Å²) < 4.78 is 49.8. The average molecular weight is 419 g/mol. The van der Waals surface area contributed by atoms with E-state index in [4.69, 9.17) is 0 Å². The lowest BCUT2D eigenvalue weighted by molar-refractivity contribution is -0.131. The number of aryl methyl sites for hydroxylation is 1. The van der Waals surface area contributed by atoms with Crippen LogP contribution in [0.1, 0.15) is 29.4 Å². The minimum Gasteiger partial charge on any atom is -0.340 e. The van der Waals surface area contributed by atoms with Crippen LogP contribution >= 0.6 is 0 Å². The molecule has 0 N–H and O–H groups in total. The average Bonchev–Trinajstić information content (AvgIpc) is 3.07. The number of amides is 1. The third-order valence-corrected chi connectivity index (χ3v) is 8.47. The van der Waals surface area contributed by atoms with E-state index in [1.54, 1.807) is 9.58 Å². The molecule has 152 valence electrons. The SMILES string of the molecule is Cc1nn([C@@H]2CCS(=O)(=O)C2)c(C)c1CC(=O)N1CCN(S(C)(=O)=O)CC1. The second kappa shape index (κ2) is 7.17. The number of hydrogen-bond donors (Lipinski definition) is 0. The van der Waals surface area contributed by atoms with Gasteiger partial charge in [-0.2, -0.15) is 9.40 Å². The zero-order chi connectivity index (χ0) is 20.0. The Bertz CT molecular complexity index is 944. The van der Waals surface area contributed by atoms with Crippen LogP contribution in [0.25, 0.3) is 0 Å². The fourth-order valence-electron chi connectivity index (χ4n) is 3.81. The minimum absolute atomic E-state index is 0.0621. The molecule has 9 nitrogen and oxygen atoms in total. The molecule has 1 amide bonds. The third kappa shape index (κ3) is 4.35. The highest BCUT2D eigenvalue weighted by Gasteiger charge is 2.32. The van der Waals surface area contributed by atoms with Gasteiger partial charge in [0.05, 0.1) is 35.9 Å². The zero-order valence-electron chi connectivity index (χ0n) is 15.9. The number of nitrogens with zero attached hydrogens (tertiary/aromatic N) is 4. The predicted molar refractivity (Wildman–Crippen MR) is 101 cm³/mol. The first-order chi connectivity index (χ1) is 12.5. The van der Waals surface area contributed by atoms with E-state index in [-0.39, 0.29) is 29.9 Å². The first-order valence-electron chi connectivity index (χ1n) is 8.96. The number of carbonyl (C=O) groups excluding carboxylic acids is 1. The second-order valence-corrected chi connectivity index (χ2v) is 11.6. The third-order valence-electron chi connectivity index (χ3n) is 5.42. The van der Waals surface area contributed by atoms with E-state index < -0.39 is 19.9 Å².